The summed E-state index contributed by atoms with van der Waals surface area (Å²) < 4.78 is 48.6. The SMILES string of the molecule is CCC(COC(=O)C(COC(=O)C(C)(CO)CO)COC(=O)C(C)(CO)CO)(COC(=O)C(C)(COC(=O)C(C)(CO)CO)COC(=O)C(C)(CO)CO)COC(=O)C(C)(COC(=O)C(C)(CO)CO)COC(=O)C(C)(CO)CO. The van der Waals surface area contributed by atoms with E-state index in [2.05, 4.69) is 0 Å². The van der Waals surface area contributed by atoms with Gasteiger partial charge < -0.3 is 104 Å². The normalized spacial score (nSPS) is 13.0. The van der Waals surface area contributed by atoms with Gasteiger partial charge in [0.1, 0.15) is 109 Å². The molecule has 0 rings (SSSR count). The molecule has 0 heterocycles. The fraction of sp³-hybridized carbons (Fsp3) is 0.820. The van der Waals surface area contributed by atoms with Gasteiger partial charge in [-0.25, -0.2) is 0 Å². The molecule has 0 saturated heterocycles. The van der Waals surface area contributed by atoms with E-state index in [4.69, 9.17) is 42.6 Å². The Labute approximate surface area is 462 Å². The van der Waals surface area contributed by atoms with Crippen molar-refractivity contribution in [2.45, 2.75) is 68.7 Å². The Morgan fingerprint density at radius 2 is 0.450 bits per heavy atom. The van der Waals surface area contributed by atoms with Crippen LogP contribution in [0.2, 0.25) is 0 Å². The van der Waals surface area contributed by atoms with Gasteiger partial charge in [0.05, 0.1) is 84.7 Å². The quantitative estimate of drug-likeness (QED) is 0.0202. The van der Waals surface area contributed by atoms with Crippen molar-refractivity contribution in [1.29, 1.82) is 0 Å². The van der Waals surface area contributed by atoms with Crippen LogP contribution in [0.4, 0.5) is 0 Å². The maximum Gasteiger partial charge on any atom is 0.318 e. The number of carbonyl (C=O) groups is 9. The zero-order valence-electron chi connectivity index (χ0n) is 46.8. The monoisotopic (exact) mass is 1160 g/mol. The first-order valence-corrected chi connectivity index (χ1v) is 25.0. The predicted molar refractivity (Wildman–Crippen MR) is 265 cm³/mol. The highest BCUT2D eigenvalue weighted by Crippen LogP contribution is 2.33. The van der Waals surface area contributed by atoms with E-state index in [0.29, 0.717) is 0 Å². The van der Waals surface area contributed by atoms with Crippen molar-refractivity contribution in [3.8, 4) is 0 Å². The Balaban J connectivity index is 7.82. The number of aliphatic hydroxyl groups is 12. The number of hydrogen-bond acceptors (Lipinski definition) is 30. The molecule has 0 aromatic carbocycles. The average Bonchev–Trinajstić information content (AvgIpc) is 3.48. The number of esters is 9. The molecule has 30 nitrogen and oxygen atoms in total. The van der Waals surface area contributed by atoms with Crippen LogP contribution in [0.3, 0.4) is 0 Å². The molecule has 464 valence electrons. The zero-order chi connectivity index (χ0) is 62.2. The van der Waals surface area contributed by atoms with Crippen LogP contribution >= 0.6 is 0 Å². The van der Waals surface area contributed by atoms with E-state index in [-0.39, 0.29) is 6.42 Å². The second kappa shape index (κ2) is 32.4. The topological polar surface area (TPSA) is 479 Å². The summed E-state index contributed by atoms with van der Waals surface area (Å²) in [7, 11) is 0. The number of aliphatic hydroxyl groups excluding tert-OH is 12. The molecule has 0 fully saturated rings. The van der Waals surface area contributed by atoms with Gasteiger partial charge in [0.25, 0.3) is 0 Å². The van der Waals surface area contributed by atoms with Crippen LogP contribution in [0.5, 0.6) is 0 Å². The standard InChI is InChI=1S/C50H84O30/c1-10-50(29-74-33(63)32(11-72-34(64)42(2,13-51)14-52)12-73-35(65)43(3,15-53)16-54,30-79-40(70)48(8,25-75-36(66)44(4,17-55)18-56)26-76-37(67)45(5,19-57)20-58)31-80-41(71)49(9,27-77-38(68)46(6,21-59)22-60)28-78-39(69)47(7,23-61)24-62/h32,51-62H,10-31H2,1-9H3. The summed E-state index contributed by atoms with van der Waals surface area (Å²) in [4.78, 5) is 121. The summed E-state index contributed by atoms with van der Waals surface area (Å²) >= 11 is 0. The molecule has 0 aliphatic carbocycles. The summed E-state index contributed by atoms with van der Waals surface area (Å²) in [5.74, 6) is -13.4. The first kappa shape index (κ1) is 74.8. The van der Waals surface area contributed by atoms with Gasteiger partial charge in [0.15, 0.2) is 0 Å². The molecule has 0 aromatic rings. The van der Waals surface area contributed by atoms with Crippen molar-refractivity contribution in [2.24, 2.45) is 54.7 Å². The highest BCUT2D eigenvalue weighted by Gasteiger charge is 2.48. The van der Waals surface area contributed by atoms with E-state index in [0.717, 1.165) is 55.4 Å². The smallest absolute Gasteiger partial charge is 0.318 e. The fourth-order valence-corrected chi connectivity index (χ4v) is 5.43. The van der Waals surface area contributed by atoms with E-state index in [1.807, 2.05) is 0 Å². The molecule has 0 aliphatic heterocycles. The molecule has 0 bridgehead atoms. The summed E-state index contributed by atoms with van der Waals surface area (Å²) in [5, 5.41) is 117. The maximum absolute atomic E-state index is 14.3. The number of ether oxygens (including phenoxy) is 9. The maximum atomic E-state index is 14.3. The molecule has 30 heteroatoms. The zero-order valence-corrected chi connectivity index (χ0v) is 46.8. The molecule has 12 N–H and O–H groups in total. The molecule has 0 atom stereocenters. The van der Waals surface area contributed by atoms with Crippen LogP contribution in [0.25, 0.3) is 0 Å². The Kier molecular flexibility index (Phi) is 30.3. The molecule has 0 aromatic heterocycles. The number of rotatable bonds is 40. The summed E-state index contributed by atoms with van der Waals surface area (Å²) in [6, 6.07) is 0. The third kappa shape index (κ3) is 19.7. The van der Waals surface area contributed by atoms with Crippen molar-refractivity contribution in [2.75, 3.05) is 139 Å². The Morgan fingerprint density at radius 1 is 0.275 bits per heavy atom. The van der Waals surface area contributed by atoms with Crippen molar-refractivity contribution in [1.82, 2.24) is 0 Å². The van der Waals surface area contributed by atoms with Crippen LogP contribution in [0.1, 0.15) is 68.7 Å². The Bertz CT molecular complexity index is 1830. The third-order valence-electron chi connectivity index (χ3n) is 13.7. The van der Waals surface area contributed by atoms with Crippen LogP contribution in [-0.2, 0) is 85.8 Å². The summed E-state index contributed by atoms with van der Waals surface area (Å²) in [5.41, 5.74) is -18.0. The van der Waals surface area contributed by atoms with Crippen LogP contribution < -0.4 is 0 Å². The summed E-state index contributed by atoms with van der Waals surface area (Å²) in [6.07, 6.45) is -0.332. The second-order valence-corrected chi connectivity index (χ2v) is 22.2. The van der Waals surface area contributed by atoms with Crippen molar-refractivity contribution in [3.63, 3.8) is 0 Å². The predicted octanol–water partition coefficient (Wildman–Crippen LogP) is -5.15. The van der Waals surface area contributed by atoms with E-state index in [1.165, 1.54) is 6.92 Å². The molecular weight excluding hydrogens is 1080 g/mol. The summed E-state index contributed by atoms with van der Waals surface area (Å²) in [6.45, 7) is -10.1. The molecule has 0 radical (unpaired) electrons. The Hall–Kier alpha value is -5.25. The van der Waals surface area contributed by atoms with Gasteiger partial charge in [-0.05, 0) is 61.8 Å². The molecule has 0 spiro atoms. The van der Waals surface area contributed by atoms with Crippen molar-refractivity contribution < 1.29 is 147 Å². The molecule has 0 unspecified atom stereocenters. The number of hydrogen-bond donors (Lipinski definition) is 12. The van der Waals surface area contributed by atoms with E-state index in [9.17, 15) is 104 Å². The van der Waals surface area contributed by atoms with Gasteiger partial charge in [-0.2, -0.15) is 0 Å². The molecule has 0 amide bonds. The minimum atomic E-state index is -2.26. The van der Waals surface area contributed by atoms with Crippen LogP contribution in [0, 0.1) is 54.7 Å². The largest absolute Gasteiger partial charge is 0.464 e. The van der Waals surface area contributed by atoms with E-state index >= 15 is 0 Å². The van der Waals surface area contributed by atoms with Gasteiger partial charge in [0.2, 0.25) is 0 Å². The molecule has 0 saturated carbocycles. The lowest BCUT2D eigenvalue weighted by atomic mass is 9.86. The molecule has 80 heavy (non-hydrogen) atoms. The van der Waals surface area contributed by atoms with E-state index in [1.54, 1.807) is 0 Å². The van der Waals surface area contributed by atoms with Crippen molar-refractivity contribution in [3.05, 3.63) is 0 Å². The molecule has 0 aliphatic rings. The average molecular weight is 1170 g/mol. The van der Waals surface area contributed by atoms with Gasteiger partial charge in [-0.15, -0.1) is 0 Å². The van der Waals surface area contributed by atoms with Gasteiger partial charge >= 0.3 is 53.7 Å². The lowest BCUT2D eigenvalue weighted by molar-refractivity contribution is -0.184. The molecular formula is C50H84O30. The van der Waals surface area contributed by atoms with Crippen LogP contribution in [-0.4, -0.2) is 254 Å². The van der Waals surface area contributed by atoms with Gasteiger partial charge in [0, 0.05) is 0 Å². The van der Waals surface area contributed by atoms with Crippen molar-refractivity contribution >= 4 is 53.7 Å². The van der Waals surface area contributed by atoms with E-state index < -0.39 is 247 Å². The number of carbonyl (C=O) groups excluding carboxylic acids is 9. The highest BCUT2D eigenvalue weighted by molar-refractivity contribution is 5.83. The first-order valence-electron chi connectivity index (χ1n) is 25.0. The first-order chi connectivity index (χ1) is 37.1. The minimum absolute atomic E-state index is 0.332. The lowest BCUT2D eigenvalue weighted by Crippen LogP contribution is -2.48. The van der Waals surface area contributed by atoms with Gasteiger partial charge in [-0.3, -0.25) is 43.2 Å². The van der Waals surface area contributed by atoms with Gasteiger partial charge in [-0.1, -0.05) is 6.92 Å². The Morgan fingerprint density at radius 3 is 0.650 bits per heavy atom. The van der Waals surface area contributed by atoms with Crippen LogP contribution in [0.15, 0.2) is 0 Å². The minimum Gasteiger partial charge on any atom is -0.464 e. The highest BCUT2D eigenvalue weighted by atomic mass is 16.6. The fourth-order valence-electron chi connectivity index (χ4n) is 5.43. The second-order valence-electron chi connectivity index (χ2n) is 22.2. The third-order valence-corrected chi connectivity index (χ3v) is 13.7. The lowest BCUT2D eigenvalue weighted by Gasteiger charge is -2.36.